The first-order valence-electron chi connectivity index (χ1n) is 8.42. The molecule has 1 saturated carbocycles. The average Bonchev–Trinajstić information content (AvgIpc) is 2.47. The van der Waals surface area contributed by atoms with Gasteiger partial charge in [-0.25, -0.2) is 4.98 Å². The first-order chi connectivity index (χ1) is 10.6. The van der Waals surface area contributed by atoms with Crippen LogP contribution in [0.15, 0.2) is 10.5 Å². The van der Waals surface area contributed by atoms with Gasteiger partial charge in [-0.05, 0) is 73.0 Å². The molecule has 0 unspecified atom stereocenters. The Bertz CT molecular complexity index is 546. The van der Waals surface area contributed by atoms with E-state index in [1.54, 1.807) is 0 Å². The second-order valence-corrected chi connectivity index (χ2v) is 8.73. The predicted octanol–water partition coefficient (Wildman–Crippen LogP) is 5.13. The number of nitrogens with zero attached hydrogens (tertiary/aromatic N) is 3. The Labute approximate surface area is 149 Å². The summed E-state index contributed by atoms with van der Waals surface area (Å²) in [5.41, 5.74) is 1.79. The zero-order valence-electron chi connectivity index (χ0n) is 15.2. The molecule has 0 bridgehead atoms. The van der Waals surface area contributed by atoms with Crippen molar-refractivity contribution in [2.75, 3.05) is 24.1 Å². The zero-order valence-corrected chi connectivity index (χ0v) is 16.8. The van der Waals surface area contributed by atoms with Crippen LogP contribution in [0.4, 0.5) is 11.5 Å². The monoisotopic (exact) mass is 382 g/mol. The number of aromatic nitrogens is 1. The first-order valence-corrected chi connectivity index (χ1v) is 9.21. The summed E-state index contributed by atoms with van der Waals surface area (Å²) < 4.78 is 0.890. The van der Waals surface area contributed by atoms with Gasteiger partial charge in [0.05, 0.1) is 10.2 Å². The van der Waals surface area contributed by atoms with Crippen LogP contribution in [-0.2, 0) is 0 Å². The maximum Gasteiger partial charge on any atom is 0.143 e. The number of hydrogen-bond donors (Lipinski definition) is 0. The molecule has 0 saturated heterocycles. The molecular weight excluding hydrogens is 354 g/mol. The minimum absolute atomic E-state index is 0.402. The number of aryl methyl sites for hydroxylation is 1. The fourth-order valence-electron chi connectivity index (χ4n) is 3.63. The number of hydroxylamine groups is 1. The molecule has 1 aliphatic carbocycles. The van der Waals surface area contributed by atoms with Crippen molar-refractivity contribution in [1.29, 1.82) is 0 Å². The van der Waals surface area contributed by atoms with Crippen LogP contribution < -0.4 is 9.96 Å². The number of hydrogen-bond acceptors (Lipinski definition) is 4. The van der Waals surface area contributed by atoms with Crippen LogP contribution in [0.2, 0.25) is 0 Å². The highest BCUT2D eigenvalue weighted by atomic mass is 79.9. The standard InChI is InChI=1S/C18H29BrN3O/c1-12-16(22(6)23)11-15(19)17(20-12)21(5)14-9-7-13(8-10-14)18(2,3)4/h11,13-14H,7-10H2,1-6H3/q-1. The molecule has 0 radical (unpaired) electrons. The van der Waals surface area contributed by atoms with Gasteiger partial charge in [0.1, 0.15) is 5.82 Å². The van der Waals surface area contributed by atoms with Gasteiger partial charge in [-0.3, -0.25) is 0 Å². The highest BCUT2D eigenvalue weighted by Crippen LogP contribution is 2.40. The third kappa shape index (κ3) is 4.18. The van der Waals surface area contributed by atoms with Gasteiger partial charge in [0.2, 0.25) is 0 Å². The third-order valence-corrected chi connectivity index (χ3v) is 5.85. The molecule has 0 amide bonds. The Balaban J connectivity index is 2.13. The van der Waals surface area contributed by atoms with Crippen LogP contribution >= 0.6 is 15.9 Å². The Morgan fingerprint density at radius 2 is 1.74 bits per heavy atom. The molecule has 23 heavy (non-hydrogen) atoms. The Morgan fingerprint density at radius 3 is 2.22 bits per heavy atom. The Hall–Kier alpha value is -0.810. The molecule has 1 aromatic heterocycles. The van der Waals surface area contributed by atoms with Gasteiger partial charge < -0.3 is 15.2 Å². The third-order valence-electron chi connectivity index (χ3n) is 5.26. The van der Waals surface area contributed by atoms with Crippen molar-refractivity contribution in [3.05, 3.63) is 21.4 Å². The SMILES string of the molecule is Cc1nc(N(C)C2CCC(C(C)(C)C)CC2)c(Br)cc1N(C)[O-]. The number of pyridine rings is 1. The average molecular weight is 383 g/mol. The topological polar surface area (TPSA) is 42.4 Å². The molecule has 5 heteroatoms. The van der Waals surface area contributed by atoms with E-state index in [2.05, 4.69) is 53.6 Å². The second-order valence-electron chi connectivity index (χ2n) is 7.88. The summed E-state index contributed by atoms with van der Waals surface area (Å²) in [5.74, 6) is 1.74. The van der Waals surface area contributed by atoms with Crippen molar-refractivity contribution in [2.45, 2.75) is 59.4 Å². The number of rotatable bonds is 3. The highest BCUT2D eigenvalue weighted by molar-refractivity contribution is 9.10. The van der Waals surface area contributed by atoms with E-state index >= 15 is 0 Å². The van der Waals surface area contributed by atoms with Crippen molar-refractivity contribution in [2.24, 2.45) is 11.3 Å². The van der Waals surface area contributed by atoms with Crippen LogP contribution in [0.3, 0.4) is 0 Å². The summed E-state index contributed by atoms with van der Waals surface area (Å²) in [4.78, 5) is 6.96. The molecule has 0 aromatic carbocycles. The van der Waals surface area contributed by atoms with Crippen molar-refractivity contribution in [1.82, 2.24) is 4.98 Å². The van der Waals surface area contributed by atoms with Gasteiger partial charge in [0.25, 0.3) is 0 Å². The maximum absolute atomic E-state index is 11.6. The van der Waals surface area contributed by atoms with Gasteiger partial charge in [-0.2, -0.15) is 0 Å². The van der Waals surface area contributed by atoms with Gasteiger partial charge >= 0.3 is 0 Å². The molecule has 0 atom stereocenters. The maximum atomic E-state index is 11.6. The van der Waals surface area contributed by atoms with Crippen LogP contribution in [0.25, 0.3) is 0 Å². The summed E-state index contributed by atoms with van der Waals surface area (Å²) in [5, 5.41) is 12.4. The van der Waals surface area contributed by atoms with E-state index < -0.39 is 0 Å². The molecule has 130 valence electrons. The molecule has 2 rings (SSSR count). The van der Waals surface area contributed by atoms with Gasteiger partial charge in [-0.15, -0.1) is 0 Å². The van der Waals surface area contributed by atoms with Gasteiger partial charge in [0.15, 0.2) is 0 Å². The quantitative estimate of drug-likeness (QED) is 0.679. The summed E-state index contributed by atoms with van der Waals surface area (Å²) in [6, 6.07) is 2.40. The molecule has 0 N–H and O–H groups in total. The normalized spacial score (nSPS) is 22.1. The van der Waals surface area contributed by atoms with Gasteiger partial charge in [-0.1, -0.05) is 20.8 Å². The predicted molar refractivity (Wildman–Crippen MR) is 102 cm³/mol. The summed E-state index contributed by atoms with van der Waals surface area (Å²) in [6.07, 6.45) is 4.95. The van der Waals surface area contributed by atoms with E-state index in [0.717, 1.165) is 27.0 Å². The lowest BCUT2D eigenvalue weighted by molar-refractivity contribution is 0.168. The van der Waals surface area contributed by atoms with Crippen LogP contribution in [0, 0.1) is 23.5 Å². The first kappa shape index (κ1) is 18.5. The summed E-state index contributed by atoms with van der Waals surface area (Å²) >= 11 is 3.59. The second kappa shape index (κ2) is 6.98. The molecule has 1 aliphatic rings. The smallest absolute Gasteiger partial charge is 0.143 e. The lowest BCUT2D eigenvalue weighted by Crippen LogP contribution is -2.38. The minimum atomic E-state index is 0.402. The molecule has 4 nitrogen and oxygen atoms in total. The van der Waals surface area contributed by atoms with E-state index in [9.17, 15) is 5.21 Å². The lowest BCUT2D eigenvalue weighted by atomic mass is 9.71. The molecular formula is C18H29BrN3O-. The van der Waals surface area contributed by atoms with Crippen molar-refractivity contribution < 1.29 is 0 Å². The van der Waals surface area contributed by atoms with E-state index in [1.165, 1.54) is 32.7 Å². The van der Waals surface area contributed by atoms with Gasteiger partial charge in [0, 0.05) is 18.8 Å². The van der Waals surface area contributed by atoms with E-state index in [4.69, 9.17) is 0 Å². The largest absolute Gasteiger partial charge is 0.758 e. The van der Waals surface area contributed by atoms with Crippen molar-refractivity contribution >= 4 is 27.4 Å². The molecule has 0 aliphatic heterocycles. The van der Waals surface area contributed by atoms with Crippen molar-refractivity contribution in [3.63, 3.8) is 0 Å². The Morgan fingerprint density at radius 1 is 1.17 bits per heavy atom. The van der Waals surface area contributed by atoms with E-state index in [0.29, 0.717) is 17.1 Å². The lowest BCUT2D eigenvalue weighted by Gasteiger charge is -2.40. The molecule has 1 aromatic rings. The highest BCUT2D eigenvalue weighted by Gasteiger charge is 2.31. The molecule has 1 fully saturated rings. The molecule has 0 spiro atoms. The molecule has 1 heterocycles. The van der Waals surface area contributed by atoms with E-state index in [-0.39, 0.29) is 0 Å². The summed E-state index contributed by atoms with van der Waals surface area (Å²) in [6.45, 7) is 8.94. The number of halogens is 1. The van der Waals surface area contributed by atoms with Crippen LogP contribution in [-0.4, -0.2) is 25.1 Å². The van der Waals surface area contributed by atoms with Crippen molar-refractivity contribution in [3.8, 4) is 0 Å². The fraction of sp³-hybridized carbons (Fsp3) is 0.722. The zero-order chi connectivity index (χ0) is 17.4. The van der Waals surface area contributed by atoms with Crippen LogP contribution in [0.1, 0.15) is 52.1 Å². The van der Waals surface area contributed by atoms with E-state index in [1.807, 2.05) is 13.0 Å². The summed E-state index contributed by atoms with van der Waals surface area (Å²) in [7, 11) is 3.63. The van der Waals surface area contributed by atoms with Crippen LogP contribution in [0.5, 0.6) is 0 Å². The minimum Gasteiger partial charge on any atom is -0.758 e. The number of anilines is 2. The Kier molecular flexibility index (Phi) is 5.62. The fourth-order valence-corrected chi connectivity index (χ4v) is 4.21.